The minimum atomic E-state index is -4.27. The molecule has 0 atom stereocenters. The van der Waals surface area contributed by atoms with Gasteiger partial charge in [-0.3, -0.25) is 4.84 Å². The lowest BCUT2D eigenvalue weighted by molar-refractivity contribution is -0.895. The predicted octanol–water partition coefficient (Wildman–Crippen LogP) is 3.05. The van der Waals surface area contributed by atoms with E-state index in [1.807, 2.05) is 43.0 Å². The van der Waals surface area contributed by atoms with Crippen molar-refractivity contribution in [3.8, 4) is 0 Å². The predicted molar refractivity (Wildman–Crippen MR) is 96.0 cm³/mol. The third-order valence-corrected chi connectivity index (χ3v) is 4.33. The van der Waals surface area contributed by atoms with E-state index in [1.54, 1.807) is 12.1 Å². The summed E-state index contributed by atoms with van der Waals surface area (Å²) in [6.07, 6.45) is 4.30. The molecule has 0 radical (unpaired) electrons. The molecule has 0 saturated carbocycles. The maximum Gasteiger partial charge on any atom is 0.231 e. The zero-order valence-electron chi connectivity index (χ0n) is 15.3. The molecule has 5 nitrogen and oxygen atoms in total. The zero-order valence-corrected chi connectivity index (χ0v) is 16.1. The Morgan fingerprint density at radius 3 is 2.24 bits per heavy atom. The van der Waals surface area contributed by atoms with Gasteiger partial charge in [0.05, 0.1) is 4.90 Å². The third kappa shape index (κ3) is 8.65. The van der Waals surface area contributed by atoms with Gasteiger partial charge in [0.1, 0.15) is 10.1 Å². The van der Waals surface area contributed by atoms with Crippen LogP contribution in [0.4, 0.5) is 0 Å². The first-order valence-corrected chi connectivity index (χ1v) is 9.74. The van der Waals surface area contributed by atoms with Crippen LogP contribution in [0.3, 0.4) is 0 Å². The Balaban J connectivity index is 0.000000257. The fourth-order valence-electron chi connectivity index (χ4n) is 2.02. The van der Waals surface area contributed by atoms with E-state index >= 15 is 0 Å². The van der Waals surface area contributed by atoms with Gasteiger partial charge < -0.3 is 4.55 Å². The van der Waals surface area contributed by atoms with Gasteiger partial charge in [-0.15, -0.1) is 0 Å². The minimum absolute atomic E-state index is 0.178. The molecule has 2 rings (SSSR count). The molecule has 0 saturated heterocycles. The van der Waals surface area contributed by atoms with Gasteiger partial charge in [0.15, 0.2) is 6.61 Å². The quantitative estimate of drug-likeness (QED) is 0.448. The molecule has 0 spiro atoms. The van der Waals surface area contributed by atoms with E-state index in [0.29, 0.717) is 0 Å². The minimum Gasteiger partial charge on any atom is -0.744 e. The van der Waals surface area contributed by atoms with Crippen LogP contribution in [-0.4, -0.2) is 19.6 Å². The molecule has 1 aromatic heterocycles. The van der Waals surface area contributed by atoms with Crippen LogP contribution in [0.5, 0.6) is 0 Å². The van der Waals surface area contributed by atoms with Gasteiger partial charge in [-0.2, -0.15) is 0 Å². The van der Waals surface area contributed by atoms with Gasteiger partial charge in [0.25, 0.3) is 0 Å². The second-order valence-electron chi connectivity index (χ2n) is 6.30. The van der Waals surface area contributed by atoms with Crippen molar-refractivity contribution in [3.63, 3.8) is 0 Å². The van der Waals surface area contributed by atoms with Crippen molar-refractivity contribution in [2.45, 2.75) is 45.4 Å². The molecule has 0 fully saturated rings. The molecule has 6 heteroatoms. The lowest BCUT2D eigenvalue weighted by Gasteiger charge is -2.05. The molecular weight excluding hydrogens is 338 g/mol. The van der Waals surface area contributed by atoms with Crippen molar-refractivity contribution < 1.29 is 22.5 Å². The molecule has 1 heterocycles. The van der Waals surface area contributed by atoms with Crippen LogP contribution in [0.25, 0.3) is 0 Å². The van der Waals surface area contributed by atoms with E-state index < -0.39 is 10.1 Å². The van der Waals surface area contributed by atoms with E-state index in [4.69, 9.17) is 4.84 Å². The fourth-order valence-corrected chi connectivity index (χ4v) is 2.49. The summed E-state index contributed by atoms with van der Waals surface area (Å²) in [4.78, 5) is 5.43. The van der Waals surface area contributed by atoms with Crippen LogP contribution in [0.15, 0.2) is 53.6 Å². The van der Waals surface area contributed by atoms with Gasteiger partial charge in [0, 0.05) is 23.8 Å². The number of pyridine rings is 1. The molecule has 0 unspecified atom stereocenters. The fraction of sp³-hybridized carbons (Fsp3) is 0.421. The highest BCUT2D eigenvalue weighted by atomic mass is 32.2. The maximum atomic E-state index is 10.4. The van der Waals surface area contributed by atoms with Crippen molar-refractivity contribution in [1.82, 2.24) is 0 Å². The van der Waals surface area contributed by atoms with Crippen LogP contribution >= 0.6 is 0 Å². The molecule has 0 bridgehead atoms. The number of aryl methyl sites for hydroxylation is 2. The van der Waals surface area contributed by atoms with E-state index in [0.717, 1.165) is 30.2 Å². The van der Waals surface area contributed by atoms with Gasteiger partial charge in [-0.25, -0.2) is 8.42 Å². The van der Waals surface area contributed by atoms with E-state index in [9.17, 15) is 13.0 Å². The molecule has 1 aromatic carbocycles. The number of aromatic nitrogens is 1. The monoisotopic (exact) mass is 365 g/mol. The van der Waals surface area contributed by atoms with E-state index in [-0.39, 0.29) is 4.90 Å². The summed E-state index contributed by atoms with van der Waals surface area (Å²) >= 11 is 0. The van der Waals surface area contributed by atoms with Crippen LogP contribution in [-0.2, 0) is 10.1 Å². The normalized spacial score (nSPS) is 11.0. The Labute approximate surface area is 151 Å². The lowest BCUT2D eigenvalue weighted by Crippen LogP contribution is -2.45. The first kappa shape index (κ1) is 21.1. The van der Waals surface area contributed by atoms with Gasteiger partial charge in [-0.05, 0) is 43.9 Å². The van der Waals surface area contributed by atoms with Gasteiger partial charge >= 0.3 is 0 Å². The summed E-state index contributed by atoms with van der Waals surface area (Å²) in [6.45, 7) is 9.14. The van der Waals surface area contributed by atoms with Crippen LogP contribution < -0.4 is 9.57 Å². The number of hydrogen-bond donors (Lipinski definition) is 0. The first-order chi connectivity index (χ1) is 11.7. The molecule has 0 aliphatic rings. The number of hydrogen-bond acceptors (Lipinski definition) is 4. The van der Waals surface area contributed by atoms with Crippen LogP contribution in [0.2, 0.25) is 0 Å². The molecule has 0 aliphatic heterocycles. The number of rotatable bonds is 6. The maximum absolute atomic E-state index is 10.4. The Bertz CT molecular complexity index is 740. The second kappa shape index (κ2) is 10.2. The summed E-state index contributed by atoms with van der Waals surface area (Å²) in [5.41, 5.74) is 2.06. The smallest absolute Gasteiger partial charge is 0.231 e. The highest BCUT2D eigenvalue weighted by Crippen LogP contribution is 2.08. The molecule has 2 aromatic rings. The Kier molecular flexibility index (Phi) is 8.58. The van der Waals surface area contributed by atoms with Gasteiger partial charge in [-0.1, -0.05) is 31.5 Å². The largest absolute Gasteiger partial charge is 0.744 e. The zero-order chi connectivity index (χ0) is 18.9. The Morgan fingerprint density at radius 1 is 1.08 bits per heavy atom. The van der Waals surface area contributed by atoms with E-state index in [1.165, 1.54) is 18.6 Å². The molecular formula is C19H27NO4S. The summed E-state index contributed by atoms with van der Waals surface area (Å²) in [7, 11) is -4.27. The molecule has 0 N–H and O–H groups in total. The van der Waals surface area contributed by atoms with Crippen molar-refractivity contribution in [2.75, 3.05) is 6.61 Å². The molecule has 25 heavy (non-hydrogen) atoms. The van der Waals surface area contributed by atoms with Crippen molar-refractivity contribution in [2.24, 2.45) is 5.92 Å². The highest BCUT2D eigenvalue weighted by Gasteiger charge is 2.05. The Hall–Kier alpha value is -1.92. The van der Waals surface area contributed by atoms with E-state index in [2.05, 4.69) is 13.8 Å². The van der Waals surface area contributed by atoms with Crippen LogP contribution in [0.1, 0.15) is 37.9 Å². The third-order valence-electron chi connectivity index (χ3n) is 3.48. The number of benzene rings is 1. The average molecular weight is 365 g/mol. The topological polar surface area (TPSA) is 70.3 Å². The summed E-state index contributed by atoms with van der Waals surface area (Å²) in [5, 5.41) is 0. The summed E-state index contributed by atoms with van der Waals surface area (Å²) < 4.78 is 33.0. The number of nitrogens with zero attached hydrogens (tertiary/aromatic N) is 1. The SMILES string of the molecule is Cc1ccc(S(=O)(=O)[O-])cc1.Cc1cccc[n+]1OCCCC(C)C. The Morgan fingerprint density at radius 2 is 1.72 bits per heavy atom. The van der Waals surface area contributed by atoms with Crippen LogP contribution in [0, 0.1) is 19.8 Å². The van der Waals surface area contributed by atoms with Gasteiger partial charge in [0.2, 0.25) is 11.9 Å². The summed E-state index contributed by atoms with van der Waals surface area (Å²) in [5.74, 6) is 0.764. The second-order valence-corrected chi connectivity index (χ2v) is 7.68. The molecule has 0 aliphatic carbocycles. The molecule has 138 valence electrons. The first-order valence-electron chi connectivity index (χ1n) is 8.33. The van der Waals surface area contributed by atoms with Crippen molar-refractivity contribution >= 4 is 10.1 Å². The summed E-state index contributed by atoms with van der Waals surface area (Å²) in [6, 6.07) is 11.8. The average Bonchev–Trinajstić information content (AvgIpc) is 2.53. The van der Waals surface area contributed by atoms with Crippen molar-refractivity contribution in [1.29, 1.82) is 0 Å². The van der Waals surface area contributed by atoms with Crippen molar-refractivity contribution in [3.05, 3.63) is 59.9 Å². The highest BCUT2D eigenvalue weighted by molar-refractivity contribution is 7.85. The standard InChI is InChI=1S/C12H20NO.C7H8O3S/c1-11(2)7-6-10-14-13-9-5-4-8-12(13)3;1-6-2-4-7(5-3-6)11(8,9)10/h4-5,8-9,11H,6-7,10H2,1-3H3;2-5H,1H3,(H,8,9,10)/q+1;/p-1. The lowest BCUT2D eigenvalue weighted by atomic mass is 10.1. The molecule has 0 amide bonds.